The molecule has 6 heteroatoms. The molecule has 4 nitrogen and oxygen atoms in total. The Balaban J connectivity index is 1.12. The van der Waals surface area contributed by atoms with Gasteiger partial charge in [-0.25, -0.2) is 4.98 Å². The van der Waals surface area contributed by atoms with E-state index >= 15 is 0 Å². The second kappa shape index (κ2) is 12.7. The summed E-state index contributed by atoms with van der Waals surface area (Å²) in [6, 6.07) is 55.3. The smallest absolute Gasteiger partial charge is 0.333 e. The summed E-state index contributed by atoms with van der Waals surface area (Å²) < 4.78 is 12.0. The van der Waals surface area contributed by atoms with Crippen molar-refractivity contribution in [2.24, 2.45) is 0 Å². The molecular formula is C60H48BN3OS. The Bertz CT molecular complexity index is 3930. The van der Waals surface area contributed by atoms with Crippen LogP contribution in [0.15, 0.2) is 150 Å². The summed E-state index contributed by atoms with van der Waals surface area (Å²) in [6.07, 6.45) is 0. The van der Waals surface area contributed by atoms with Crippen LogP contribution in [0.4, 0.5) is 11.4 Å². The molecule has 318 valence electrons. The maximum absolute atomic E-state index is 6.73. The van der Waals surface area contributed by atoms with Gasteiger partial charge in [0, 0.05) is 70.6 Å². The molecule has 0 saturated heterocycles. The predicted octanol–water partition coefficient (Wildman–Crippen LogP) is 15.1. The fraction of sp³-hybridized carbons (Fsp3) is 0.183. The Morgan fingerprint density at radius 3 is 2.09 bits per heavy atom. The summed E-state index contributed by atoms with van der Waals surface area (Å²) >= 11 is 1.92. The van der Waals surface area contributed by atoms with Gasteiger partial charge in [0.05, 0.1) is 11.0 Å². The van der Waals surface area contributed by atoms with Crippen LogP contribution >= 0.6 is 11.3 Å². The van der Waals surface area contributed by atoms with Crippen molar-refractivity contribution in [3.05, 3.63) is 168 Å². The third kappa shape index (κ3) is 5.08. The number of oxazole rings is 1. The van der Waals surface area contributed by atoms with Crippen molar-refractivity contribution in [3.63, 3.8) is 0 Å². The van der Waals surface area contributed by atoms with E-state index in [0.717, 1.165) is 22.4 Å². The third-order valence-electron chi connectivity index (χ3n) is 15.3. The van der Waals surface area contributed by atoms with Gasteiger partial charge in [-0.15, -0.1) is 11.3 Å². The Morgan fingerprint density at radius 2 is 1.30 bits per heavy atom. The van der Waals surface area contributed by atoms with E-state index < -0.39 is 0 Å². The third-order valence-corrected chi connectivity index (χ3v) is 16.4. The number of hydrogen-bond acceptors (Lipinski definition) is 4. The number of anilines is 2. The van der Waals surface area contributed by atoms with Gasteiger partial charge in [-0.1, -0.05) is 134 Å². The van der Waals surface area contributed by atoms with Crippen molar-refractivity contribution in [3.8, 4) is 39.4 Å². The molecule has 3 aliphatic rings. The molecule has 0 saturated carbocycles. The van der Waals surface area contributed by atoms with Crippen LogP contribution in [0.3, 0.4) is 0 Å². The van der Waals surface area contributed by atoms with Crippen LogP contribution in [0.1, 0.15) is 77.6 Å². The van der Waals surface area contributed by atoms with Gasteiger partial charge in [0.1, 0.15) is 5.52 Å². The highest BCUT2D eigenvalue weighted by Crippen LogP contribution is 2.53. The van der Waals surface area contributed by atoms with E-state index in [1.54, 1.807) is 0 Å². The maximum atomic E-state index is 6.73. The number of hydrogen-bond donors (Lipinski definition) is 0. The van der Waals surface area contributed by atoms with Crippen molar-refractivity contribution in [2.45, 2.75) is 71.6 Å². The molecule has 0 radical (unpaired) electrons. The zero-order chi connectivity index (χ0) is 44.8. The highest BCUT2D eigenvalue weighted by Gasteiger charge is 2.45. The van der Waals surface area contributed by atoms with Gasteiger partial charge in [-0.2, -0.15) is 0 Å². The lowest BCUT2D eigenvalue weighted by Gasteiger charge is -2.42. The highest BCUT2D eigenvalue weighted by atomic mass is 32.1. The average Bonchev–Trinajstić information content (AvgIpc) is 4.04. The zero-order valence-electron chi connectivity index (χ0n) is 38.6. The van der Waals surface area contributed by atoms with Crippen LogP contribution < -0.4 is 15.7 Å². The number of aromatic nitrogens is 2. The molecule has 0 fully saturated rings. The molecule has 1 aliphatic carbocycles. The number of rotatable bonds is 2. The molecule has 8 aromatic carbocycles. The highest BCUT2D eigenvalue weighted by molar-refractivity contribution is 7.25. The van der Waals surface area contributed by atoms with E-state index in [4.69, 9.17) is 9.40 Å². The maximum Gasteiger partial charge on any atom is 0.333 e. The molecule has 66 heavy (non-hydrogen) atoms. The largest absolute Gasteiger partial charge is 0.436 e. The molecule has 0 spiro atoms. The molecule has 0 atom stereocenters. The molecule has 5 heterocycles. The van der Waals surface area contributed by atoms with E-state index in [1.807, 2.05) is 29.5 Å². The lowest BCUT2D eigenvalue weighted by Crippen LogP contribution is -2.60. The molecule has 11 aromatic rings. The first kappa shape index (κ1) is 38.4. The topological polar surface area (TPSA) is 34.2 Å². The molecule has 2 aliphatic heterocycles. The van der Waals surface area contributed by atoms with Crippen LogP contribution in [0.25, 0.3) is 92.5 Å². The van der Waals surface area contributed by atoms with Crippen LogP contribution in [-0.2, 0) is 16.2 Å². The van der Waals surface area contributed by atoms with Crippen LogP contribution in [0.2, 0.25) is 0 Å². The summed E-state index contributed by atoms with van der Waals surface area (Å²) in [5, 5.41) is 5.16. The Hall–Kier alpha value is -6.89. The fourth-order valence-electron chi connectivity index (χ4n) is 11.8. The van der Waals surface area contributed by atoms with Gasteiger partial charge >= 0.3 is 6.85 Å². The van der Waals surface area contributed by atoms with Gasteiger partial charge in [0.2, 0.25) is 5.89 Å². The minimum atomic E-state index is -0.149. The van der Waals surface area contributed by atoms with Crippen molar-refractivity contribution in [2.75, 3.05) is 4.81 Å². The first-order chi connectivity index (χ1) is 31.7. The fourth-order valence-corrected chi connectivity index (χ4v) is 13.0. The Labute approximate surface area is 389 Å². The summed E-state index contributed by atoms with van der Waals surface area (Å²) in [6.45, 7) is 18.4. The van der Waals surface area contributed by atoms with E-state index in [2.05, 4.69) is 192 Å². The van der Waals surface area contributed by atoms with Crippen molar-refractivity contribution in [1.82, 2.24) is 9.55 Å². The van der Waals surface area contributed by atoms with Crippen LogP contribution in [0, 0.1) is 0 Å². The molecule has 3 aromatic heterocycles. The summed E-state index contributed by atoms with van der Waals surface area (Å²) in [5.74, 6) is 0.635. The van der Waals surface area contributed by atoms with Gasteiger partial charge < -0.3 is 13.8 Å². The van der Waals surface area contributed by atoms with E-state index in [1.165, 1.54) is 109 Å². The summed E-state index contributed by atoms with van der Waals surface area (Å²) in [5.41, 5.74) is 21.8. The Kier molecular flexibility index (Phi) is 7.39. The van der Waals surface area contributed by atoms with Crippen molar-refractivity contribution in [1.29, 1.82) is 0 Å². The van der Waals surface area contributed by atoms with E-state index in [9.17, 15) is 0 Å². The minimum absolute atomic E-state index is 0.0214. The first-order valence-corrected chi connectivity index (χ1v) is 24.2. The SMILES string of the molecule is CC(C)(C)c1ccc(N2B3c4cc5nc(-c6ccccc6)oc5cc4-n4c5cc6c(cc5c5ccc(c3c54)-c3cc4sc5cc(C(C)(C)C)ccc5c4cc32)-c2ccccc2C6(C)C)cc1. The van der Waals surface area contributed by atoms with Crippen LogP contribution in [0.5, 0.6) is 0 Å². The van der Waals surface area contributed by atoms with Crippen molar-refractivity contribution < 1.29 is 4.42 Å². The van der Waals surface area contributed by atoms with Gasteiger partial charge in [-0.3, -0.25) is 0 Å². The van der Waals surface area contributed by atoms with Gasteiger partial charge in [-0.05, 0) is 121 Å². The monoisotopic (exact) mass is 869 g/mol. The van der Waals surface area contributed by atoms with Gasteiger partial charge in [0.15, 0.2) is 5.58 Å². The van der Waals surface area contributed by atoms with E-state index in [0.29, 0.717) is 5.89 Å². The molecule has 0 unspecified atom stereocenters. The van der Waals surface area contributed by atoms with Crippen molar-refractivity contribution >= 4 is 93.6 Å². The quantitative estimate of drug-likeness (QED) is 0.162. The lowest BCUT2D eigenvalue weighted by molar-refractivity contribution is 0.590. The molecule has 0 bridgehead atoms. The van der Waals surface area contributed by atoms with Gasteiger partial charge in [0.25, 0.3) is 0 Å². The minimum Gasteiger partial charge on any atom is -0.436 e. The summed E-state index contributed by atoms with van der Waals surface area (Å²) in [7, 11) is 0. The predicted molar refractivity (Wildman–Crippen MR) is 281 cm³/mol. The first-order valence-electron chi connectivity index (χ1n) is 23.4. The normalized spacial score (nSPS) is 14.7. The molecule has 14 rings (SSSR count). The molecule has 0 N–H and O–H groups in total. The lowest BCUT2D eigenvalue weighted by atomic mass is 9.44. The zero-order valence-corrected chi connectivity index (χ0v) is 39.4. The Morgan fingerprint density at radius 1 is 0.576 bits per heavy atom. The summed E-state index contributed by atoms with van der Waals surface area (Å²) in [4.78, 5) is 7.88. The average molecular weight is 870 g/mol. The second-order valence-corrected chi connectivity index (χ2v) is 22.7. The number of fused-ring (bicyclic) bond motifs is 15. The van der Waals surface area contributed by atoms with Crippen LogP contribution in [-0.4, -0.2) is 16.4 Å². The number of benzene rings is 8. The molecule has 0 amide bonds. The van der Waals surface area contributed by atoms with E-state index in [-0.39, 0.29) is 23.1 Å². The molecular weight excluding hydrogens is 822 g/mol. The second-order valence-electron chi connectivity index (χ2n) is 21.6. The number of thiophene rings is 1. The standard InChI is InChI=1S/C60H48BN3OS/c1-58(2,3)34-18-21-36(22-19-34)64-50-28-44-38-23-20-35(59(4,5)6)26-53(38)66-54(44)29-43(50)39-24-25-40-42-27-41-37-16-12-13-17-45(37)60(7,8)46(41)30-49(42)63-51-32-52-48(31-47(51)61(64)55(39)56(40)63)62-57(65-52)33-14-10-9-11-15-33/h9-32H,1-8H3. The number of nitrogens with zero attached hydrogens (tertiary/aromatic N) is 3.